The lowest BCUT2D eigenvalue weighted by Gasteiger charge is -2.09. The predicted octanol–water partition coefficient (Wildman–Crippen LogP) is 0.921. The number of carbonyl (C=O) groups excluding carboxylic acids is 1. The molecule has 0 heterocycles. The zero-order valence-corrected chi connectivity index (χ0v) is 8.01. The van der Waals surface area contributed by atoms with Crippen molar-refractivity contribution >= 4 is 11.9 Å². The number of ether oxygens (including phenoxy) is 1. The number of hydrogen-bond acceptors (Lipinski definition) is 3. The third kappa shape index (κ3) is 5.28. The number of aliphatic imine (C=N–C) groups is 1. The molecular weight excluding hydrogens is 196 g/mol. The minimum atomic E-state index is -2.75. The summed E-state index contributed by atoms with van der Waals surface area (Å²) in [7, 11) is 0. The summed E-state index contributed by atoms with van der Waals surface area (Å²) in [5.74, 6) is -0.583. The number of amides is 1. The molecule has 0 rings (SSSR count). The van der Waals surface area contributed by atoms with Gasteiger partial charge in [-0.05, 0) is 13.8 Å². The van der Waals surface area contributed by atoms with Crippen molar-refractivity contribution in [2.75, 3.05) is 13.2 Å². The summed E-state index contributed by atoms with van der Waals surface area (Å²) in [6, 6.07) is 0. The van der Waals surface area contributed by atoms with Gasteiger partial charge in [0, 0.05) is 6.54 Å². The van der Waals surface area contributed by atoms with Gasteiger partial charge < -0.3 is 4.74 Å². The van der Waals surface area contributed by atoms with Gasteiger partial charge in [0.1, 0.15) is 0 Å². The summed E-state index contributed by atoms with van der Waals surface area (Å²) in [5.41, 5.74) is 3.91. The highest BCUT2D eigenvalue weighted by Crippen LogP contribution is 1.93. The molecule has 0 fully saturated rings. The minimum Gasteiger partial charge on any atom is -0.449 e. The molecule has 0 aliphatic rings. The Morgan fingerprint density at radius 2 is 2.07 bits per heavy atom. The van der Waals surface area contributed by atoms with E-state index in [2.05, 4.69) is 9.73 Å². The van der Waals surface area contributed by atoms with Crippen LogP contribution in [0.5, 0.6) is 0 Å². The fourth-order valence-corrected chi connectivity index (χ4v) is 0.616. The van der Waals surface area contributed by atoms with Crippen molar-refractivity contribution < 1.29 is 18.3 Å². The van der Waals surface area contributed by atoms with Crippen LogP contribution in [0, 0.1) is 0 Å². The van der Waals surface area contributed by atoms with Gasteiger partial charge in [-0.2, -0.15) is 0 Å². The average molecular weight is 209 g/mol. The van der Waals surface area contributed by atoms with Crippen LogP contribution in [-0.4, -0.2) is 31.5 Å². The van der Waals surface area contributed by atoms with Gasteiger partial charge in [0.2, 0.25) is 0 Å². The van der Waals surface area contributed by atoms with E-state index in [0.717, 1.165) is 0 Å². The van der Waals surface area contributed by atoms with Crippen LogP contribution in [-0.2, 0) is 4.74 Å². The highest BCUT2D eigenvalue weighted by Gasteiger charge is 2.13. The first-order valence-electron chi connectivity index (χ1n) is 4.13. The molecule has 2 N–H and O–H groups in total. The molecule has 0 aromatic rings. The normalized spacial score (nSPS) is 11.4. The fourth-order valence-electron chi connectivity index (χ4n) is 0.616. The Labute approximate surface area is 80.5 Å². The van der Waals surface area contributed by atoms with E-state index in [9.17, 15) is 13.6 Å². The number of halogens is 2. The number of hydrogen-bond donors (Lipinski definition) is 2. The van der Waals surface area contributed by atoms with Crippen molar-refractivity contribution in [3.8, 4) is 0 Å². The monoisotopic (exact) mass is 209 g/mol. The zero-order chi connectivity index (χ0) is 11.0. The Morgan fingerprint density at radius 1 is 1.43 bits per heavy atom. The highest BCUT2D eigenvalue weighted by atomic mass is 19.3. The topological polar surface area (TPSA) is 62.7 Å². The average Bonchev–Trinajstić information content (AvgIpc) is 2.12. The number of hydrazine groups is 1. The van der Waals surface area contributed by atoms with E-state index in [4.69, 9.17) is 0 Å². The molecule has 0 unspecified atom stereocenters. The van der Waals surface area contributed by atoms with Gasteiger partial charge >= 0.3 is 6.09 Å². The van der Waals surface area contributed by atoms with Crippen molar-refractivity contribution in [2.45, 2.75) is 20.3 Å². The Hall–Kier alpha value is -1.40. The van der Waals surface area contributed by atoms with Crippen LogP contribution in [0.1, 0.15) is 13.8 Å². The van der Waals surface area contributed by atoms with E-state index in [1.807, 2.05) is 10.9 Å². The predicted molar refractivity (Wildman–Crippen MR) is 47.3 cm³/mol. The maximum Gasteiger partial charge on any atom is 0.425 e. The molecule has 0 radical (unpaired) electrons. The van der Waals surface area contributed by atoms with Gasteiger partial charge in [-0.15, -0.1) is 0 Å². The lowest BCUT2D eigenvalue weighted by atomic mass is 10.6. The molecule has 0 aliphatic carbocycles. The lowest BCUT2D eigenvalue weighted by Crippen LogP contribution is -2.44. The Balaban J connectivity index is 3.94. The number of nitrogens with one attached hydrogen (secondary N) is 2. The molecule has 0 aromatic heterocycles. The molecule has 7 heteroatoms. The molecule has 0 saturated carbocycles. The van der Waals surface area contributed by atoms with Crippen molar-refractivity contribution in [3.63, 3.8) is 0 Å². The van der Waals surface area contributed by atoms with E-state index >= 15 is 0 Å². The Kier molecular flexibility index (Phi) is 6.34. The molecule has 0 aromatic carbocycles. The molecule has 0 spiro atoms. The van der Waals surface area contributed by atoms with E-state index in [-0.39, 0.29) is 13.2 Å². The Morgan fingerprint density at radius 3 is 2.50 bits per heavy atom. The van der Waals surface area contributed by atoms with E-state index in [0.29, 0.717) is 0 Å². The quantitative estimate of drug-likeness (QED) is 0.412. The molecule has 0 aliphatic heterocycles. The van der Waals surface area contributed by atoms with Gasteiger partial charge in [0.05, 0.1) is 6.61 Å². The summed E-state index contributed by atoms with van der Waals surface area (Å²) >= 11 is 0. The summed E-state index contributed by atoms with van der Waals surface area (Å²) in [5, 5.41) is 0. The van der Waals surface area contributed by atoms with Crippen LogP contribution in [0.2, 0.25) is 0 Å². The molecule has 0 atom stereocenters. The van der Waals surface area contributed by atoms with Crippen LogP contribution >= 0.6 is 0 Å². The zero-order valence-electron chi connectivity index (χ0n) is 8.01. The van der Waals surface area contributed by atoms with Crippen molar-refractivity contribution in [1.82, 2.24) is 10.9 Å². The molecule has 1 amide bonds. The van der Waals surface area contributed by atoms with E-state index < -0.39 is 18.4 Å². The van der Waals surface area contributed by atoms with E-state index in [1.54, 1.807) is 13.8 Å². The number of carbonyl (C=O) groups is 1. The number of amidine groups is 1. The van der Waals surface area contributed by atoms with Crippen LogP contribution < -0.4 is 10.9 Å². The van der Waals surface area contributed by atoms with Gasteiger partial charge in [-0.1, -0.05) is 0 Å². The molecule has 14 heavy (non-hydrogen) atoms. The maximum atomic E-state index is 12.1. The van der Waals surface area contributed by atoms with Crippen molar-refractivity contribution in [2.24, 2.45) is 4.99 Å². The second kappa shape index (κ2) is 7.05. The smallest absolute Gasteiger partial charge is 0.425 e. The molecule has 82 valence electrons. The second-order valence-corrected chi connectivity index (χ2v) is 2.13. The molecule has 5 nitrogen and oxygen atoms in total. The van der Waals surface area contributed by atoms with Gasteiger partial charge in [0.25, 0.3) is 6.43 Å². The molecule has 0 saturated heterocycles. The first-order chi connectivity index (χ1) is 6.61. The minimum absolute atomic E-state index is 0.169. The number of alkyl halides is 2. The highest BCUT2D eigenvalue weighted by molar-refractivity contribution is 5.86. The molecule has 0 bridgehead atoms. The fraction of sp³-hybridized carbons (Fsp3) is 0.714. The van der Waals surface area contributed by atoms with Crippen molar-refractivity contribution in [3.05, 3.63) is 0 Å². The second-order valence-electron chi connectivity index (χ2n) is 2.13. The van der Waals surface area contributed by atoms with Crippen LogP contribution in [0.15, 0.2) is 4.99 Å². The number of nitrogens with zero attached hydrogens (tertiary/aromatic N) is 1. The van der Waals surface area contributed by atoms with Crippen LogP contribution in [0.3, 0.4) is 0 Å². The summed E-state index contributed by atoms with van der Waals surface area (Å²) in [4.78, 5) is 14.1. The summed E-state index contributed by atoms with van der Waals surface area (Å²) in [6.07, 6.45) is -3.58. The van der Waals surface area contributed by atoms with E-state index in [1.165, 1.54) is 0 Å². The third-order valence-corrected chi connectivity index (χ3v) is 1.10. The lowest BCUT2D eigenvalue weighted by molar-refractivity contribution is 0.148. The van der Waals surface area contributed by atoms with Gasteiger partial charge in [0.15, 0.2) is 5.84 Å². The third-order valence-electron chi connectivity index (χ3n) is 1.10. The van der Waals surface area contributed by atoms with Gasteiger partial charge in [-0.3, -0.25) is 10.4 Å². The SMILES string of the molecule is CCN=C(NNC(=O)OCC)C(F)F. The first-order valence-corrected chi connectivity index (χ1v) is 4.13. The van der Waals surface area contributed by atoms with Crippen LogP contribution in [0.4, 0.5) is 13.6 Å². The maximum absolute atomic E-state index is 12.1. The standard InChI is InChI=1S/C7H13F2N3O2/c1-3-10-6(5(8)9)11-12-7(13)14-4-2/h5H,3-4H2,1-2H3,(H,10,11)(H,12,13). The summed E-state index contributed by atoms with van der Waals surface area (Å²) in [6.45, 7) is 3.59. The van der Waals surface area contributed by atoms with Crippen molar-refractivity contribution in [1.29, 1.82) is 0 Å². The Bertz CT molecular complexity index is 209. The van der Waals surface area contributed by atoms with Crippen LogP contribution in [0.25, 0.3) is 0 Å². The first kappa shape index (κ1) is 12.6. The largest absolute Gasteiger partial charge is 0.449 e. The van der Waals surface area contributed by atoms with Gasteiger partial charge in [-0.25, -0.2) is 19.0 Å². The number of rotatable bonds is 3. The molecular formula is C7H13F2N3O2. The summed E-state index contributed by atoms with van der Waals surface area (Å²) < 4.78 is 28.7.